The molecular weight excluding hydrogens is 315 g/mol. The fourth-order valence-electron chi connectivity index (χ4n) is 1.25. The number of halogens is 3. The van der Waals surface area contributed by atoms with E-state index in [1.807, 2.05) is 13.0 Å². The number of aryl methyl sites for hydroxylation is 1. The first-order valence-electron chi connectivity index (χ1n) is 4.62. The number of carbonyl (C=O) groups excluding carboxylic acids is 1. The highest BCUT2D eigenvalue weighted by Gasteiger charge is 2.18. The monoisotopic (exact) mass is 324 g/mol. The lowest BCUT2D eigenvalue weighted by Gasteiger charge is -2.10. The molecule has 0 N–H and O–H groups in total. The molecule has 1 rings (SSSR count). The molecule has 0 aromatic heterocycles. The van der Waals surface area contributed by atoms with Crippen molar-refractivity contribution in [3.8, 4) is 0 Å². The van der Waals surface area contributed by atoms with Gasteiger partial charge in [-0.15, -0.1) is 11.6 Å². The van der Waals surface area contributed by atoms with Crippen LogP contribution in [0.2, 0.25) is 5.02 Å². The van der Waals surface area contributed by atoms with Gasteiger partial charge in [-0.3, -0.25) is 4.79 Å². The molecule has 0 aliphatic heterocycles. The lowest BCUT2D eigenvalue weighted by molar-refractivity contribution is -0.140. The molecule has 0 saturated heterocycles. The molecular formula is C11H11BrCl2O2. The molecule has 0 amide bonds. The molecule has 0 saturated carbocycles. The van der Waals surface area contributed by atoms with E-state index >= 15 is 0 Å². The summed E-state index contributed by atoms with van der Waals surface area (Å²) in [6, 6.07) is 3.71. The summed E-state index contributed by atoms with van der Waals surface area (Å²) in [6.45, 7) is 1.91. The number of hydrogen-bond donors (Lipinski definition) is 0. The van der Waals surface area contributed by atoms with E-state index in [0.717, 1.165) is 15.6 Å². The Labute approximate surface area is 113 Å². The van der Waals surface area contributed by atoms with Crippen molar-refractivity contribution in [3.05, 3.63) is 32.8 Å². The van der Waals surface area contributed by atoms with Crippen LogP contribution in [0.5, 0.6) is 0 Å². The Morgan fingerprint density at radius 2 is 2.19 bits per heavy atom. The molecule has 0 radical (unpaired) electrons. The highest BCUT2D eigenvalue weighted by atomic mass is 79.9. The quantitative estimate of drug-likeness (QED) is 0.625. The minimum atomic E-state index is -0.694. The van der Waals surface area contributed by atoms with E-state index < -0.39 is 11.3 Å². The van der Waals surface area contributed by atoms with Crippen molar-refractivity contribution in [2.75, 3.05) is 7.11 Å². The summed E-state index contributed by atoms with van der Waals surface area (Å²) < 4.78 is 5.45. The Morgan fingerprint density at radius 3 is 2.75 bits per heavy atom. The predicted octanol–water partition coefficient (Wildman–Crippen LogP) is 3.73. The van der Waals surface area contributed by atoms with Crippen molar-refractivity contribution < 1.29 is 9.53 Å². The van der Waals surface area contributed by atoms with Crippen molar-refractivity contribution in [2.24, 2.45) is 0 Å². The Kier molecular flexibility index (Phi) is 5.09. The Morgan fingerprint density at radius 1 is 1.56 bits per heavy atom. The maximum absolute atomic E-state index is 11.2. The number of ether oxygens (including phenoxy) is 1. The van der Waals surface area contributed by atoms with Gasteiger partial charge in [0.05, 0.1) is 7.11 Å². The van der Waals surface area contributed by atoms with Gasteiger partial charge < -0.3 is 4.74 Å². The third-order valence-corrected chi connectivity index (χ3v) is 3.66. The Bertz CT molecular complexity index is 407. The lowest BCUT2D eigenvalue weighted by Crippen LogP contribution is -2.18. The first kappa shape index (κ1) is 13.8. The highest BCUT2D eigenvalue weighted by Crippen LogP contribution is 2.27. The predicted molar refractivity (Wildman–Crippen MR) is 69.3 cm³/mol. The van der Waals surface area contributed by atoms with Crippen molar-refractivity contribution in [2.45, 2.75) is 18.7 Å². The molecule has 0 spiro atoms. The lowest BCUT2D eigenvalue weighted by atomic mass is 10.1. The van der Waals surface area contributed by atoms with E-state index in [2.05, 4.69) is 20.7 Å². The van der Waals surface area contributed by atoms with Crippen molar-refractivity contribution >= 4 is 45.1 Å². The van der Waals surface area contributed by atoms with E-state index in [9.17, 15) is 4.79 Å². The summed E-state index contributed by atoms with van der Waals surface area (Å²) in [5, 5.41) is -0.0352. The molecule has 88 valence electrons. The molecule has 16 heavy (non-hydrogen) atoms. The van der Waals surface area contributed by atoms with Gasteiger partial charge in [-0.2, -0.15) is 0 Å². The molecule has 1 aromatic rings. The third kappa shape index (κ3) is 3.37. The van der Waals surface area contributed by atoms with Gasteiger partial charge in [0.25, 0.3) is 0 Å². The van der Waals surface area contributed by atoms with Crippen LogP contribution >= 0.6 is 39.1 Å². The van der Waals surface area contributed by atoms with Gasteiger partial charge in [-0.1, -0.05) is 27.5 Å². The van der Waals surface area contributed by atoms with E-state index in [4.69, 9.17) is 23.2 Å². The van der Waals surface area contributed by atoms with Gasteiger partial charge in [-0.25, -0.2) is 0 Å². The first-order valence-corrected chi connectivity index (χ1v) is 6.23. The van der Waals surface area contributed by atoms with Crippen LogP contribution in [-0.4, -0.2) is 18.5 Å². The molecule has 1 atom stereocenters. The van der Waals surface area contributed by atoms with Crippen molar-refractivity contribution in [1.29, 1.82) is 0 Å². The summed E-state index contributed by atoms with van der Waals surface area (Å²) in [4.78, 5) is 11.2. The Balaban J connectivity index is 2.89. The average molecular weight is 326 g/mol. The summed E-state index contributed by atoms with van der Waals surface area (Å²) in [6.07, 6.45) is 0.384. The van der Waals surface area contributed by atoms with E-state index in [0.29, 0.717) is 11.4 Å². The molecule has 1 aromatic carbocycles. The summed E-state index contributed by atoms with van der Waals surface area (Å²) in [5.74, 6) is -0.440. The van der Waals surface area contributed by atoms with Crippen LogP contribution in [0.25, 0.3) is 0 Å². The van der Waals surface area contributed by atoms with Gasteiger partial charge in [0.1, 0.15) is 5.38 Å². The zero-order valence-electron chi connectivity index (χ0n) is 8.89. The maximum Gasteiger partial charge on any atom is 0.324 e. The fraction of sp³-hybridized carbons (Fsp3) is 0.364. The van der Waals surface area contributed by atoms with Gasteiger partial charge in [0.15, 0.2) is 0 Å². The largest absolute Gasteiger partial charge is 0.468 e. The molecule has 0 bridgehead atoms. The summed E-state index contributed by atoms with van der Waals surface area (Å²) in [5.41, 5.74) is 1.86. The van der Waals surface area contributed by atoms with E-state index in [-0.39, 0.29) is 0 Å². The van der Waals surface area contributed by atoms with Crippen LogP contribution in [-0.2, 0) is 16.0 Å². The second-order valence-corrected chi connectivity index (χ2v) is 5.18. The van der Waals surface area contributed by atoms with Crippen molar-refractivity contribution in [3.63, 3.8) is 0 Å². The van der Waals surface area contributed by atoms with Crippen LogP contribution in [0.15, 0.2) is 16.6 Å². The number of carbonyl (C=O) groups is 1. The standard InChI is InChI=1S/C11H11BrCl2O2/c1-6-3-8(12)7(4-9(6)13)5-10(14)11(15)16-2/h3-4,10H,5H2,1-2H3. The number of benzene rings is 1. The number of rotatable bonds is 3. The van der Waals surface area contributed by atoms with E-state index in [1.165, 1.54) is 7.11 Å². The molecule has 5 heteroatoms. The van der Waals surface area contributed by atoms with Gasteiger partial charge >= 0.3 is 5.97 Å². The van der Waals surface area contributed by atoms with Gasteiger partial charge in [0, 0.05) is 15.9 Å². The molecule has 0 fully saturated rings. The number of methoxy groups -OCH3 is 1. The summed E-state index contributed by atoms with van der Waals surface area (Å²) >= 11 is 15.3. The topological polar surface area (TPSA) is 26.3 Å². The summed E-state index contributed by atoms with van der Waals surface area (Å²) in [7, 11) is 1.31. The molecule has 0 aliphatic carbocycles. The van der Waals surface area contributed by atoms with Crippen LogP contribution in [0, 0.1) is 6.92 Å². The van der Waals surface area contributed by atoms with Gasteiger partial charge in [0.2, 0.25) is 0 Å². The Hall–Kier alpha value is -0.250. The average Bonchev–Trinajstić information content (AvgIpc) is 2.24. The molecule has 2 nitrogen and oxygen atoms in total. The second-order valence-electron chi connectivity index (χ2n) is 3.39. The number of esters is 1. The zero-order valence-corrected chi connectivity index (χ0v) is 12.0. The number of alkyl halides is 1. The smallest absolute Gasteiger partial charge is 0.324 e. The van der Waals surface area contributed by atoms with Gasteiger partial charge in [-0.05, 0) is 30.2 Å². The first-order chi connectivity index (χ1) is 7.45. The third-order valence-electron chi connectivity index (χ3n) is 2.18. The van der Waals surface area contributed by atoms with Crippen LogP contribution in [0.3, 0.4) is 0 Å². The van der Waals surface area contributed by atoms with Crippen LogP contribution in [0.4, 0.5) is 0 Å². The molecule has 0 aliphatic rings. The molecule has 1 unspecified atom stereocenters. The minimum absolute atomic E-state index is 0.384. The van der Waals surface area contributed by atoms with Crippen LogP contribution < -0.4 is 0 Å². The van der Waals surface area contributed by atoms with Crippen LogP contribution in [0.1, 0.15) is 11.1 Å². The minimum Gasteiger partial charge on any atom is -0.468 e. The maximum atomic E-state index is 11.2. The zero-order chi connectivity index (χ0) is 12.3. The highest BCUT2D eigenvalue weighted by molar-refractivity contribution is 9.10. The van der Waals surface area contributed by atoms with E-state index in [1.54, 1.807) is 6.07 Å². The fourth-order valence-corrected chi connectivity index (χ4v) is 2.31. The normalized spacial score (nSPS) is 12.3. The van der Waals surface area contributed by atoms with Crippen molar-refractivity contribution in [1.82, 2.24) is 0 Å². The second kappa shape index (κ2) is 5.89. The SMILES string of the molecule is COC(=O)C(Cl)Cc1cc(Cl)c(C)cc1Br. The number of hydrogen-bond acceptors (Lipinski definition) is 2. The molecule has 0 heterocycles.